The standard InChI is InChI=1S/C6H16N2O2.C4H10/c7-1-2-8-3-5-10-6-4-9;1-3-4-2/h8-9H,1-7H2;3-4H2,1-2H3. The van der Waals surface area contributed by atoms with Crippen LogP contribution in [0.25, 0.3) is 0 Å². The Labute approximate surface area is 87.8 Å². The van der Waals surface area contributed by atoms with Crippen molar-refractivity contribution in [1.82, 2.24) is 5.32 Å². The lowest BCUT2D eigenvalue weighted by Crippen LogP contribution is -2.26. The lowest BCUT2D eigenvalue weighted by atomic mass is 10.4. The van der Waals surface area contributed by atoms with Gasteiger partial charge in [0.05, 0.1) is 19.8 Å². The third-order valence-corrected chi connectivity index (χ3v) is 1.48. The molecule has 0 aromatic heterocycles. The van der Waals surface area contributed by atoms with Crippen LogP contribution in [0.4, 0.5) is 0 Å². The third-order valence-electron chi connectivity index (χ3n) is 1.48. The van der Waals surface area contributed by atoms with E-state index in [1.54, 1.807) is 0 Å². The molecule has 4 nitrogen and oxygen atoms in total. The minimum absolute atomic E-state index is 0.0941. The summed E-state index contributed by atoms with van der Waals surface area (Å²) in [6.07, 6.45) is 2.64. The van der Waals surface area contributed by atoms with E-state index in [0.717, 1.165) is 13.1 Å². The third kappa shape index (κ3) is 22.6. The van der Waals surface area contributed by atoms with Gasteiger partial charge in [-0.05, 0) is 0 Å². The zero-order valence-electron chi connectivity index (χ0n) is 9.59. The Morgan fingerprint density at radius 1 is 1.14 bits per heavy atom. The van der Waals surface area contributed by atoms with Crippen LogP contribution in [0, 0.1) is 0 Å². The van der Waals surface area contributed by atoms with Gasteiger partial charge in [-0.2, -0.15) is 0 Å². The number of aliphatic hydroxyl groups excluding tert-OH is 1. The summed E-state index contributed by atoms with van der Waals surface area (Å²) >= 11 is 0. The van der Waals surface area contributed by atoms with Crippen LogP contribution in [0.2, 0.25) is 0 Å². The zero-order valence-corrected chi connectivity index (χ0v) is 9.59. The van der Waals surface area contributed by atoms with Crippen molar-refractivity contribution in [3.8, 4) is 0 Å². The molecule has 0 unspecified atom stereocenters. The topological polar surface area (TPSA) is 67.5 Å². The van der Waals surface area contributed by atoms with Crippen molar-refractivity contribution in [3.63, 3.8) is 0 Å². The van der Waals surface area contributed by atoms with E-state index in [1.165, 1.54) is 12.8 Å². The number of unbranched alkanes of at least 4 members (excludes halogenated alkanes) is 1. The average molecular weight is 206 g/mol. The molecule has 0 saturated carbocycles. The SMILES string of the molecule is CCCC.NCCNCCOCCO. The Bertz CT molecular complexity index is 72.5. The number of ether oxygens (including phenoxy) is 1. The fraction of sp³-hybridized carbons (Fsp3) is 1.00. The van der Waals surface area contributed by atoms with Crippen LogP contribution < -0.4 is 11.1 Å². The highest BCUT2D eigenvalue weighted by Crippen LogP contribution is 1.76. The quantitative estimate of drug-likeness (QED) is 0.501. The van der Waals surface area contributed by atoms with Gasteiger partial charge in [-0.3, -0.25) is 0 Å². The van der Waals surface area contributed by atoms with Crippen LogP contribution in [0.15, 0.2) is 0 Å². The second kappa shape index (κ2) is 18.6. The molecule has 0 heterocycles. The predicted molar refractivity (Wildman–Crippen MR) is 60.4 cm³/mol. The van der Waals surface area contributed by atoms with Crippen molar-refractivity contribution in [2.45, 2.75) is 26.7 Å². The number of aliphatic hydroxyl groups is 1. The molecule has 0 aliphatic rings. The van der Waals surface area contributed by atoms with Gasteiger partial charge in [0, 0.05) is 19.6 Å². The van der Waals surface area contributed by atoms with Gasteiger partial charge in [0.2, 0.25) is 0 Å². The molecule has 0 atom stereocenters. The summed E-state index contributed by atoms with van der Waals surface area (Å²) in [6.45, 7) is 7.79. The number of rotatable bonds is 8. The van der Waals surface area contributed by atoms with E-state index in [-0.39, 0.29) is 6.61 Å². The number of hydrogen-bond acceptors (Lipinski definition) is 4. The first-order valence-electron chi connectivity index (χ1n) is 5.42. The Kier molecular flexibility index (Phi) is 21.6. The number of hydrogen-bond donors (Lipinski definition) is 3. The highest BCUT2D eigenvalue weighted by Gasteiger charge is 1.85. The van der Waals surface area contributed by atoms with Crippen LogP contribution in [-0.2, 0) is 4.74 Å². The summed E-state index contributed by atoms with van der Waals surface area (Å²) in [7, 11) is 0. The second-order valence-electron chi connectivity index (χ2n) is 2.87. The lowest BCUT2D eigenvalue weighted by Gasteiger charge is -2.02. The van der Waals surface area contributed by atoms with Gasteiger partial charge in [-0.1, -0.05) is 26.7 Å². The summed E-state index contributed by atoms with van der Waals surface area (Å²) in [6, 6.07) is 0. The van der Waals surface area contributed by atoms with Crippen molar-refractivity contribution in [2.24, 2.45) is 5.73 Å². The van der Waals surface area contributed by atoms with Gasteiger partial charge in [-0.25, -0.2) is 0 Å². The molecule has 0 aromatic carbocycles. The van der Waals surface area contributed by atoms with Gasteiger partial charge in [0.15, 0.2) is 0 Å². The molecule has 0 aliphatic heterocycles. The minimum atomic E-state index is 0.0941. The fourth-order valence-corrected chi connectivity index (χ4v) is 0.538. The van der Waals surface area contributed by atoms with Gasteiger partial charge < -0.3 is 20.9 Å². The zero-order chi connectivity index (χ0) is 11.1. The van der Waals surface area contributed by atoms with Crippen molar-refractivity contribution in [1.29, 1.82) is 0 Å². The lowest BCUT2D eigenvalue weighted by molar-refractivity contribution is 0.0941. The van der Waals surface area contributed by atoms with Gasteiger partial charge >= 0.3 is 0 Å². The molecule has 0 bridgehead atoms. The molecule has 88 valence electrons. The van der Waals surface area contributed by atoms with E-state index >= 15 is 0 Å². The maximum Gasteiger partial charge on any atom is 0.0698 e. The predicted octanol–water partition coefficient (Wildman–Crippen LogP) is 0.350. The van der Waals surface area contributed by atoms with Gasteiger partial charge in [0.25, 0.3) is 0 Å². The highest BCUT2D eigenvalue weighted by atomic mass is 16.5. The Balaban J connectivity index is 0. The summed E-state index contributed by atoms with van der Waals surface area (Å²) in [5, 5.41) is 11.4. The molecule has 4 N–H and O–H groups in total. The Morgan fingerprint density at radius 2 is 1.79 bits per heavy atom. The number of nitrogens with one attached hydrogen (secondary N) is 1. The molecule has 0 radical (unpaired) electrons. The van der Waals surface area contributed by atoms with E-state index in [2.05, 4.69) is 19.2 Å². The second-order valence-corrected chi connectivity index (χ2v) is 2.87. The Hall–Kier alpha value is -0.160. The molecule has 0 saturated heterocycles. The maximum absolute atomic E-state index is 8.30. The van der Waals surface area contributed by atoms with Crippen LogP contribution in [0.1, 0.15) is 26.7 Å². The van der Waals surface area contributed by atoms with Crippen LogP contribution in [0.3, 0.4) is 0 Å². The molecule has 0 spiro atoms. The minimum Gasteiger partial charge on any atom is -0.394 e. The van der Waals surface area contributed by atoms with Gasteiger partial charge in [0.1, 0.15) is 0 Å². The van der Waals surface area contributed by atoms with Crippen molar-refractivity contribution in [2.75, 3.05) is 39.5 Å². The largest absolute Gasteiger partial charge is 0.394 e. The van der Waals surface area contributed by atoms with Crippen LogP contribution in [-0.4, -0.2) is 44.6 Å². The monoisotopic (exact) mass is 206 g/mol. The van der Waals surface area contributed by atoms with E-state index in [0.29, 0.717) is 19.8 Å². The Morgan fingerprint density at radius 3 is 2.21 bits per heavy atom. The van der Waals surface area contributed by atoms with Crippen LogP contribution >= 0.6 is 0 Å². The first kappa shape index (κ1) is 16.3. The van der Waals surface area contributed by atoms with Crippen molar-refractivity contribution in [3.05, 3.63) is 0 Å². The maximum atomic E-state index is 8.30. The highest BCUT2D eigenvalue weighted by molar-refractivity contribution is 4.44. The molecule has 0 rings (SSSR count). The molecule has 0 aliphatic carbocycles. The van der Waals surface area contributed by atoms with E-state index in [4.69, 9.17) is 15.6 Å². The van der Waals surface area contributed by atoms with Crippen LogP contribution in [0.5, 0.6) is 0 Å². The van der Waals surface area contributed by atoms with Crippen molar-refractivity contribution >= 4 is 0 Å². The summed E-state index contributed by atoms with van der Waals surface area (Å²) in [5.41, 5.74) is 5.23. The molecule has 0 fully saturated rings. The first-order valence-corrected chi connectivity index (χ1v) is 5.42. The molecular weight excluding hydrogens is 180 g/mol. The van der Waals surface area contributed by atoms with E-state index < -0.39 is 0 Å². The van der Waals surface area contributed by atoms with E-state index in [1.807, 2.05) is 0 Å². The molecule has 14 heavy (non-hydrogen) atoms. The summed E-state index contributed by atoms with van der Waals surface area (Å²) < 4.78 is 4.98. The normalized spacial score (nSPS) is 9.43. The van der Waals surface area contributed by atoms with E-state index in [9.17, 15) is 0 Å². The summed E-state index contributed by atoms with van der Waals surface area (Å²) in [4.78, 5) is 0. The molecular formula is C10H26N2O2. The van der Waals surface area contributed by atoms with Gasteiger partial charge in [-0.15, -0.1) is 0 Å². The first-order chi connectivity index (χ1) is 6.83. The fourth-order valence-electron chi connectivity index (χ4n) is 0.538. The average Bonchev–Trinajstić information content (AvgIpc) is 2.24. The number of nitrogens with two attached hydrogens (primary N) is 1. The van der Waals surface area contributed by atoms with Crippen molar-refractivity contribution < 1.29 is 9.84 Å². The molecule has 0 amide bonds. The smallest absolute Gasteiger partial charge is 0.0698 e. The summed E-state index contributed by atoms with van der Waals surface area (Å²) in [5.74, 6) is 0. The molecule has 4 heteroatoms. The molecule has 0 aromatic rings.